The zero-order valence-corrected chi connectivity index (χ0v) is 9.99. The summed E-state index contributed by atoms with van der Waals surface area (Å²) in [6.45, 7) is 2.03. The number of aliphatic hydroxyl groups excluding tert-OH is 1. The fraction of sp³-hybridized carbons (Fsp3) is 0.400. The lowest BCUT2D eigenvalue weighted by Crippen LogP contribution is -1.96. The highest BCUT2D eigenvalue weighted by Gasteiger charge is 2.14. The van der Waals surface area contributed by atoms with E-state index in [1.54, 1.807) is 6.26 Å². The number of aromatic nitrogens is 3. The lowest BCUT2D eigenvalue weighted by Gasteiger charge is -2.01. The largest absolute Gasteiger partial charge is 0.469 e. The standard InChI is InChI=1S/C10H13N3O2S/c1-7-8(3-5-15-7)9-11-12-10(13(9)2)16-6-4-14/h3,5,14H,4,6H2,1-2H3. The molecule has 0 aliphatic rings. The van der Waals surface area contributed by atoms with Crippen LogP contribution in [0.1, 0.15) is 5.76 Å². The van der Waals surface area contributed by atoms with E-state index in [-0.39, 0.29) is 6.61 Å². The van der Waals surface area contributed by atoms with Crippen molar-refractivity contribution in [2.75, 3.05) is 12.4 Å². The highest BCUT2D eigenvalue weighted by atomic mass is 32.2. The quantitative estimate of drug-likeness (QED) is 0.818. The number of aryl methyl sites for hydroxylation is 1. The monoisotopic (exact) mass is 239 g/mol. The van der Waals surface area contributed by atoms with E-state index in [1.807, 2.05) is 24.6 Å². The molecule has 2 aromatic heterocycles. The Morgan fingerprint density at radius 2 is 2.31 bits per heavy atom. The molecule has 0 atom stereocenters. The van der Waals surface area contributed by atoms with Gasteiger partial charge in [0.1, 0.15) is 5.76 Å². The molecule has 0 saturated carbocycles. The van der Waals surface area contributed by atoms with Crippen molar-refractivity contribution in [1.82, 2.24) is 14.8 Å². The Morgan fingerprint density at radius 1 is 1.50 bits per heavy atom. The van der Waals surface area contributed by atoms with Gasteiger partial charge in [0.05, 0.1) is 18.4 Å². The van der Waals surface area contributed by atoms with Crippen LogP contribution in [0.3, 0.4) is 0 Å². The van der Waals surface area contributed by atoms with Gasteiger partial charge in [-0.2, -0.15) is 0 Å². The number of rotatable bonds is 4. The van der Waals surface area contributed by atoms with E-state index in [0.717, 1.165) is 22.3 Å². The van der Waals surface area contributed by atoms with Crippen LogP contribution in [-0.4, -0.2) is 32.2 Å². The third-order valence-corrected chi connectivity index (χ3v) is 3.26. The summed E-state index contributed by atoms with van der Waals surface area (Å²) in [5.41, 5.74) is 0.950. The predicted molar refractivity (Wildman–Crippen MR) is 61.3 cm³/mol. The van der Waals surface area contributed by atoms with Crippen molar-refractivity contribution in [2.24, 2.45) is 7.05 Å². The molecule has 0 spiro atoms. The molecule has 0 aliphatic carbocycles. The first-order chi connectivity index (χ1) is 7.74. The third-order valence-electron chi connectivity index (χ3n) is 2.26. The molecule has 6 heteroatoms. The first kappa shape index (κ1) is 11.2. The van der Waals surface area contributed by atoms with Crippen molar-refractivity contribution in [3.8, 4) is 11.4 Å². The summed E-state index contributed by atoms with van der Waals surface area (Å²) in [6, 6.07) is 1.87. The molecule has 2 heterocycles. The highest BCUT2D eigenvalue weighted by Crippen LogP contribution is 2.25. The maximum Gasteiger partial charge on any atom is 0.191 e. The molecule has 16 heavy (non-hydrogen) atoms. The Morgan fingerprint density at radius 3 is 2.94 bits per heavy atom. The average molecular weight is 239 g/mol. The maximum atomic E-state index is 8.76. The second kappa shape index (κ2) is 4.71. The van der Waals surface area contributed by atoms with Crippen molar-refractivity contribution >= 4 is 11.8 Å². The van der Waals surface area contributed by atoms with Crippen molar-refractivity contribution in [3.05, 3.63) is 18.1 Å². The molecule has 0 bridgehead atoms. The van der Waals surface area contributed by atoms with Gasteiger partial charge in [0.15, 0.2) is 11.0 Å². The topological polar surface area (TPSA) is 64.1 Å². The Labute approximate surface area is 97.5 Å². The summed E-state index contributed by atoms with van der Waals surface area (Å²) >= 11 is 1.48. The second-order valence-electron chi connectivity index (χ2n) is 3.33. The molecular formula is C10H13N3O2S. The summed E-state index contributed by atoms with van der Waals surface area (Å²) in [7, 11) is 1.90. The van der Waals surface area contributed by atoms with Crippen LogP contribution in [0.25, 0.3) is 11.4 Å². The maximum absolute atomic E-state index is 8.76. The van der Waals surface area contributed by atoms with Crippen LogP contribution in [-0.2, 0) is 7.05 Å². The third kappa shape index (κ3) is 1.98. The highest BCUT2D eigenvalue weighted by molar-refractivity contribution is 7.99. The summed E-state index contributed by atoms with van der Waals surface area (Å²) in [5.74, 6) is 2.23. The van der Waals surface area contributed by atoms with Crippen LogP contribution in [0.2, 0.25) is 0 Å². The van der Waals surface area contributed by atoms with E-state index in [0.29, 0.717) is 5.75 Å². The summed E-state index contributed by atoms with van der Waals surface area (Å²) in [6.07, 6.45) is 1.64. The van der Waals surface area contributed by atoms with Crippen LogP contribution in [0.4, 0.5) is 0 Å². The van der Waals surface area contributed by atoms with Crippen molar-refractivity contribution in [1.29, 1.82) is 0 Å². The zero-order chi connectivity index (χ0) is 11.5. The zero-order valence-electron chi connectivity index (χ0n) is 9.17. The second-order valence-corrected chi connectivity index (χ2v) is 4.39. The smallest absolute Gasteiger partial charge is 0.191 e. The van der Waals surface area contributed by atoms with Gasteiger partial charge in [-0.1, -0.05) is 11.8 Å². The number of hydrogen-bond acceptors (Lipinski definition) is 5. The van der Waals surface area contributed by atoms with Gasteiger partial charge >= 0.3 is 0 Å². The molecule has 0 radical (unpaired) electrons. The van der Waals surface area contributed by atoms with Gasteiger partial charge in [0.25, 0.3) is 0 Å². The van der Waals surface area contributed by atoms with Crippen LogP contribution < -0.4 is 0 Å². The fourth-order valence-corrected chi connectivity index (χ4v) is 2.08. The van der Waals surface area contributed by atoms with Gasteiger partial charge in [-0.05, 0) is 13.0 Å². The van der Waals surface area contributed by atoms with Crippen molar-refractivity contribution in [2.45, 2.75) is 12.1 Å². The molecular weight excluding hydrogens is 226 g/mol. The van der Waals surface area contributed by atoms with E-state index < -0.39 is 0 Å². The molecule has 0 fully saturated rings. The molecule has 5 nitrogen and oxygen atoms in total. The molecule has 1 N–H and O–H groups in total. The van der Waals surface area contributed by atoms with E-state index in [9.17, 15) is 0 Å². The lowest BCUT2D eigenvalue weighted by atomic mass is 10.2. The number of aliphatic hydroxyl groups is 1. The van der Waals surface area contributed by atoms with Gasteiger partial charge in [-0.15, -0.1) is 10.2 Å². The predicted octanol–water partition coefficient (Wildman–Crippen LogP) is 1.47. The van der Waals surface area contributed by atoms with E-state index in [2.05, 4.69) is 10.2 Å². The summed E-state index contributed by atoms with van der Waals surface area (Å²) in [5, 5.41) is 17.8. The Kier molecular flexibility index (Phi) is 3.31. The number of thioether (sulfide) groups is 1. The molecule has 0 aliphatic heterocycles. The van der Waals surface area contributed by atoms with Gasteiger partial charge in [0, 0.05) is 12.8 Å². The number of furan rings is 1. The normalized spacial score (nSPS) is 10.9. The number of nitrogens with zero attached hydrogens (tertiary/aromatic N) is 3. The molecule has 2 rings (SSSR count). The fourth-order valence-electron chi connectivity index (χ4n) is 1.43. The lowest BCUT2D eigenvalue weighted by molar-refractivity contribution is 0.322. The Bertz CT molecular complexity index is 478. The molecule has 2 aromatic rings. The molecule has 0 unspecified atom stereocenters. The first-order valence-electron chi connectivity index (χ1n) is 4.91. The minimum Gasteiger partial charge on any atom is -0.469 e. The molecule has 0 aromatic carbocycles. The number of hydrogen-bond donors (Lipinski definition) is 1. The van der Waals surface area contributed by atoms with Crippen LogP contribution >= 0.6 is 11.8 Å². The SMILES string of the molecule is Cc1occc1-c1nnc(SCCO)n1C. The van der Waals surface area contributed by atoms with Crippen LogP contribution in [0, 0.1) is 6.92 Å². The minimum atomic E-state index is 0.137. The van der Waals surface area contributed by atoms with Gasteiger partial charge in [-0.3, -0.25) is 0 Å². The summed E-state index contributed by atoms with van der Waals surface area (Å²) < 4.78 is 7.14. The molecule has 0 saturated heterocycles. The molecule has 86 valence electrons. The van der Waals surface area contributed by atoms with Crippen molar-refractivity contribution in [3.63, 3.8) is 0 Å². The molecule has 0 amide bonds. The van der Waals surface area contributed by atoms with Crippen LogP contribution in [0.5, 0.6) is 0 Å². The van der Waals surface area contributed by atoms with Gasteiger partial charge < -0.3 is 14.1 Å². The van der Waals surface area contributed by atoms with Crippen LogP contribution in [0.15, 0.2) is 21.9 Å². The van der Waals surface area contributed by atoms with E-state index in [4.69, 9.17) is 9.52 Å². The van der Waals surface area contributed by atoms with Gasteiger partial charge in [-0.25, -0.2) is 0 Å². The van der Waals surface area contributed by atoms with Gasteiger partial charge in [0.2, 0.25) is 0 Å². The summed E-state index contributed by atoms with van der Waals surface area (Å²) in [4.78, 5) is 0. The van der Waals surface area contributed by atoms with Crippen molar-refractivity contribution < 1.29 is 9.52 Å². The van der Waals surface area contributed by atoms with E-state index in [1.165, 1.54) is 11.8 Å². The average Bonchev–Trinajstić information content (AvgIpc) is 2.83. The Balaban J connectivity index is 2.30. The first-order valence-corrected chi connectivity index (χ1v) is 5.90. The minimum absolute atomic E-state index is 0.137. The van der Waals surface area contributed by atoms with E-state index >= 15 is 0 Å². The Hall–Kier alpha value is -1.27.